The summed E-state index contributed by atoms with van der Waals surface area (Å²) in [4.78, 5) is 19.1. The molecular weight excluding hydrogens is 314 g/mol. The second-order valence-corrected chi connectivity index (χ2v) is 6.45. The van der Waals surface area contributed by atoms with Gasteiger partial charge in [0, 0.05) is 45.2 Å². The number of amides is 1. The summed E-state index contributed by atoms with van der Waals surface area (Å²) in [6.07, 6.45) is 5.07. The smallest absolute Gasteiger partial charge is 0.253 e. The maximum absolute atomic E-state index is 12.6. The minimum Gasteiger partial charge on any atom is -0.367 e. The van der Waals surface area contributed by atoms with Gasteiger partial charge in [0.2, 0.25) is 0 Å². The fourth-order valence-electron chi connectivity index (χ4n) is 3.28. The van der Waals surface area contributed by atoms with E-state index in [9.17, 15) is 4.79 Å². The van der Waals surface area contributed by atoms with E-state index >= 15 is 0 Å². The molecule has 2 heterocycles. The van der Waals surface area contributed by atoms with E-state index in [4.69, 9.17) is 4.74 Å². The van der Waals surface area contributed by atoms with Crippen molar-refractivity contribution in [2.24, 2.45) is 0 Å². The van der Waals surface area contributed by atoms with Crippen molar-refractivity contribution >= 4 is 5.91 Å². The van der Waals surface area contributed by atoms with Crippen molar-refractivity contribution in [1.29, 1.82) is 0 Å². The van der Waals surface area contributed by atoms with E-state index in [0.29, 0.717) is 0 Å². The number of pyridine rings is 1. The zero-order chi connectivity index (χ0) is 17.5. The molecule has 0 unspecified atom stereocenters. The molecule has 1 amide bonds. The highest BCUT2D eigenvalue weighted by molar-refractivity contribution is 5.82. The molecule has 1 aliphatic heterocycles. The number of nitrogens with one attached hydrogen (secondary N) is 1. The van der Waals surface area contributed by atoms with Crippen LogP contribution in [0.2, 0.25) is 0 Å². The molecule has 1 N–H and O–H groups in total. The van der Waals surface area contributed by atoms with Gasteiger partial charge in [0.1, 0.15) is 0 Å². The van der Waals surface area contributed by atoms with Gasteiger partial charge in [0.15, 0.2) is 6.10 Å². The third kappa shape index (κ3) is 4.87. The Hall–Kier alpha value is -2.24. The Morgan fingerprint density at radius 1 is 1.24 bits per heavy atom. The van der Waals surface area contributed by atoms with Gasteiger partial charge in [-0.3, -0.25) is 14.7 Å². The molecule has 0 aliphatic carbocycles. The molecule has 1 aliphatic rings. The van der Waals surface area contributed by atoms with Crippen LogP contribution in [0.3, 0.4) is 0 Å². The number of carbonyl (C=O) groups is 1. The Labute approximate surface area is 149 Å². The molecule has 132 valence electrons. The molecule has 1 aromatic heterocycles. The number of ether oxygens (including phenoxy) is 1. The fourth-order valence-corrected chi connectivity index (χ4v) is 3.28. The first-order valence-electron chi connectivity index (χ1n) is 8.75. The van der Waals surface area contributed by atoms with Crippen LogP contribution in [0, 0.1) is 0 Å². The second-order valence-electron chi connectivity index (χ2n) is 6.45. The predicted molar refractivity (Wildman–Crippen MR) is 96.9 cm³/mol. The molecule has 1 aromatic carbocycles. The van der Waals surface area contributed by atoms with E-state index in [0.717, 1.165) is 38.0 Å². The maximum atomic E-state index is 12.6. The number of methoxy groups -OCH3 is 1. The number of piperidine rings is 1. The van der Waals surface area contributed by atoms with Crippen molar-refractivity contribution in [3.63, 3.8) is 0 Å². The number of hydrogen-bond acceptors (Lipinski definition) is 4. The lowest BCUT2D eigenvalue weighted by molar-refractivity contribution is -0.132. The molecule has 1 atom stereocenters. The Morgan fingerprint density at radius 2 is 2.00 bits per heavy atom. The van der Waals surface area contributed by atoms with Crippen molar-refractivity contribution in [3.05, 3.63) is 66.0 Å². The van der Waals surface area contributed by atoms with Gasteiger partial charge < -0.3 is 10.1 Å². The van der Waals surface area contributed by atoms with Gasteiger partial charge in [-0.1, -0.05) is 36.4 Å². The average molecular weight is 339 g/mol. The number of rotatable bonds is 6. The number of hydrogen-bond donors (Lipinski definition) is 1. The highest BCUT2D eigenvalue weighted by atomic mass is 16.5. The molecule has 1 saturated heterocycles. The number of likely N-dealkylation sites (tertiary alicyclic amines) is 1. The summed E-state index contributed by atoms with van der Waals surface area (Å²) < 4.78 is 5.41. The van der Waals surface area contributed by atoms with Crippen LogP contribution in [0.4, 0.5) is 0 Å². The van der Waals surface area contributed by atoms with Crippen LogP contribution in [-0.4, -0.2) is 42.0 Å². The van der Waals surface area contributed by atoms with Gasteiger partial charge in [-0.25, -0.2) is 0 Å². The molecule has 1 fully saturated rings. The Balaban J connectivity index is 1.49. The summed E-state index contributed by atoms with van der Waals surface area (Å²) >= 11 is 0. The van der Waals surface area contributed by atoms with E-state index < -0.39 is 6.10 Å². The summed E-state index contributed by atoms with van der Waals surface area (Å²) in [5.41, 5.74) is 2.12. The maximum Gasteiger partial charge on any atom is 0.253 e. The fraction of sp³-hybridized carbons (Fsp3) is 0.400. The van der Waals surface area contributed by atoms with Crippen LogP contribution in [-0.2, 0) is 16.1 Å². The minimum absolute atomic E-state index is 0.0561. The topological polar surface area (TPSA) is 54.5 Å². The third-order valence-corrected chi connectivity index (χ3v) is 4.64. The summed E-state index contributed by atoms with van der Waals surface area (Å²) in [6.45, 7) is 2.87. The predicted octanol–water partition coefficient (Wildman–Crippen LogP) is 2.55. The van der Waals surface area contributed by atoms with Gasteiger partial charge in [-0.2, -0.15) is 0 Å². The average Bonchev–Trinajstić information content (AvgIpc) is 2.66. The largest absolute Gasteiger partial charge is 0.367 e. The van der Waals surface area contributed by atoms with Crippen LogP contribution in [0.5, 0.6) is 0 Å². The van der Waals surface area contributed by atoms with Crippen LogP contribution >= 0.6 is 0 Å². The highest BCUT2D eigenvalue weighted by Crippen LogP contribution is 2.19. The second kappa shape index (κ2) is 8.74. The number of carbonyl (C=O) groups excluding carboxylic acids is 1. The van der Waals surface area contributed by atoms with Gasteiger partial charge in [-0.05, 0) is 30.0 Å². The normalized spacial score (nSPS) is 17.2. The van der Waals surface area contributed by atoms with Gasteiger partial charge in [-0.15, -0.1) is 0 Å². The van der Waals surface area contributed by atoms with Crippen LogP contribution in [0.1, 0.15) is 30.1 Å². The molecule has 5 nitrogen and oxygen atoms in total. The first kappa shape index (κ1) is 17.6. The lowest BCUT2D eigenvalue weighted by atomic mass is 10.0. The number of aromatic nitrogens is 1. The quantitative estimate of drug-likeness (QED) is 0.879. The van der Waals surface area contributed by atoms with E-state index in [2.05, 4.69) is 21.3 Å². The zero-order valence-corrected chi connectivity index (χ0v) is 14.6. The molecule has 0 bridgehead atoms. The Kier molecular flexibility index (Phi) is 6.14. The third-order valence-electron chi connectivity index (χ3n) is 4.64. The molecular formula is C20H25N3O2. The van der Waals surface area contributed by atoms with E-state index in [1.807, 2.05) is 42.6 Å². The Bertz CT molecular complexity index is 655. The summed E-state index contributed by atoms with van der Waals surface area (Å²) in [7, 11) is 1.58. The SMILES string of the molecule is CO[C@@H](C(=O)NC1CCN(Cc2cccnc2)CC1)c1ccccc1. The first-order chi connectivity index (χ1) is 12.3. The number of benzene rings is 1. The van der Waals surface area contributed by atoms with Crippen LogP contribution in [0.15, 0.2) is 54.9 Å². The van der Waals surface area contributed by atoms with E-state index in [1.165, 1.54) is 5.56 Å². The number of nitrogens with zero attached hydrogens (tertiary/aromatic N) is 2. The standard InChI is InChI=1S/C20H25N3O2/c1-25-19(17-7-3-2-4-8-17)20(24)22-18-9-12-23(13-10-18)15-16-6-5-11-21-14-16/h2-8,11,14,18-19H,9-10,12-13,15H2,1H3,(H,22,24)/t19-/m1/s1. The van der Waals surface area contributed by atoms with Gasteiger partial charge in [0.05, 0.1) is 0 Å². The zero-order valence-electron chi connectivity index (χ0n) is 14.6. The molecule has 25 heavy (non-hydrogen) atoms. The lowest BCUT2D eigenvalue weighted by Crippen LogP contribution is -2.45. The Morgan fingerprint density at radius 3 is 2.64 bits per heavy atom. The molecule has 0 saturated carbocycles. The van der Waals surface area contributed by atoms with Crippen molar-refractivity contribution in [1.82, 2.24) is 15.2 Å². The minimum atomic E-state index is -0.547. The highest BCUT2D eigenvalue weighted by Gasteiger charge is 2.25. The van der Waals surface area contributed by atoms with Crippen molar-refractivity contribution < 1.29 is 9.53 Å². The first-order valence-corrected chi connectivity index (χ1v) is 8.75. The van der Waals surface area contributed by atoms with E-state index in [-0.39, 0.29) is 11.9 Å². The summed E-state index contributed by atoms with van der Waals surface area (Å²) in [5.74, 6) is -0.0561. The van der Waals surface area contributed by atoms with Gasteiger partial charge in [0.25, 0.3) is 5.91 Å². The van der Waals surface area contributed by atoms with Crippen molar-refractivity contribution in [3.8, 4) is 0 Å². The molecule has 2 aromatic rings. The van der Waals surface area contributed by atoms with Crippen LogP contribution < -0.4 is 5.32 Å². The molecule has 0 spiro atoms. The van der Waals surface area contributed by atoms with E-state index in [1.54, 1.807) is 13.3 Å². The summed E-state index contributed by atoms with van der Waals surface area (Å²) in [5, 5.41) is 3.15. The molecule has 5 heteroatoms. The summed E-state index contributed by atoms with van der Waals surface area (Å²) in [6, 6.07) is 13.9. The van der Waals surface area contributed by atoms with Crippen molar-refractivity contribution in [2.45, 2.75) is 31.5 Å². The molecule has 0 radical (unpaired) electrons. The van der Waals surface area contributed by atoms with Crippen LogP contribution in [0.25, 0.3) is 0 Å². The molecule has 3 rings (SSSR count). The monoisotopic (exact) mass is 339 g/mol. The van der Waals surface area contributed by atoms with Crippen molar-refractivity contribution in [2.75, 3.05) is 20.2 Å². The van der Waals surface area contributed by atoms with Gasteiger partial charge >= 0.3 is 0 Å². The lowest BCUT2D eigenvalue weighted by Gasteiger charge is -2.33.